The minimum absolute atomic E-state index is 0.512. The minimum atomic E-state index is -0.512. The van der Waals surface area contributed by atoms with Crippen molar-refractivity contribution in [3.8, 4) is 17.2 Å². The number of benzene rings is 2. The maximum Gasteiger partial charge on any atom is 0.133 e. The van der Waals surface area contributed by atoms with Crippen LogP contribution in [0.5, 0.6) is 17.2 Å². The fourth-order valence-electron chi connectivity index (χ4n) is 1.86. The molecule has 0 saturated carbocycles. The molecule has 0 unspecified atom stereocenters. The molecule has 19 heavy (non-hydrogen) atoms. The van der Waals surface area contributed by atoms with Gasteiger partial charge in [-0.2, -0.15) is 0 Å². The van der Waals surface area contributed by atoms with E-state index in [9.17, 15) is 5.11 Å². The van der Waals surface area contributed by atoms with Crippen LogP contribution in [-0.4, -0.2) is 12.2 Å². The summed E-state index contributed by atoms with van der Waals surface area (Å²) >= 11 is 0. The van der Waals surface area contributed by atoms with E-state index in [1.807, 2.05) is 55.5 Å². The van der Waals surface area contributed by atoms with Crippen molar-refractivity contribution in [1.82, 2.24) is 0 Å². The first-order valence-corrected chi connectivity index (χ1v) is 6.33. The highest BCUT2D eigenvalue weighted by Gasteiger charge is 2.11. The van der Waals surface area contributed by atoms with Crippen LogP contribution in [-0.2, 0) is 0 Å². The summed E-state index contributed by atoms with van der Waals surface area (Å²) in [7, 11) is 1.62. The third-order valence-corrected chi connectivity index (χ3v) is 2.93. The summed E-state index contributed by atoms with van der Waals surface area (Å²) < 4.78 is 11.0. The van der Waals surface area contributed by atoms with E-state index < -0.39 is 6.10 Å². The van der Waals surface area contributed by atoms with Gasteiger partial charge >= 0.3 is 0 Å². The number of ether oxygens (including phenoxy) is 2. The molecule has 0 saturated heterocycles. The van der Waals surface area contributed by atoms with Crippen molar-refractivity contribution < 1.29 is 14.6 Å². The highest BCUT2D eigenvalue weighted by molar-refractivity contribution is 5.41. The number of aliphatic hydroxyl groups is 1. The summed E-state index contributed by atoms with van der Waals surface area (Å²) in [5.41, 5.74) is 0.799. The Morgan fingerprint density at radius 3 is 2.53 bits per heavy atom. The predicted octanol–water partition coefficient (Wildman–Crippen LogP) is 3.93. The standard InChI is InChI=1S/C16H18O3/c1-3-15(17)14-9-4-5-10-16(14)19-13-8-6-7-12(11-13)18-2/h4-11,15,17H,3H2,1-2H3/t15-/m0/s1. The van der Waals surface area contributed by atoms with E-state index in [1.165, 1.54) is 0 Å². The third kappa shape index (κ3) is 3.26. The molecule has 3 nitrogen and oxygen atoms in total. The molecule has 0 fully saturated rings. The van der Waals surface area contributed by atoms with Gasteiger partial charge in [0.25, 0.3) is 0 Å². The third-order valence-electron chi connectivity index (χ3n) is 2.93. The fourth-order valence-corrected chi connectivity index (χ4v) is 1.86. The van der Waals surface area contributed by atoms with Crippen LogP contribution < -0.4 is 9.47 Å². The molecular weight excluding hydrogens is 240 g/mol. The minimum Gasteiger partial charge on any atom is -0.497 e. The van der Waals surface area contributed by atoms with Gasteiger partial charge in [0, 0.05) is 11.6 Å². The molecule has 0 bridgehead atoms. The smallest absolute Gasteiger partial charge is 0.133 e. The molecule has 2 rings (SSSR count). The first kappa shape index (κ1) is 13.4. The van der Waals surface area contributed by atoms with E-state index in [0.29, 0.717) is 17.9 Å². The molecule has 0 aliphatic carbocycles. The molecular formula is C16H18O3. The zero-order valence-corrected chi connectivity index (χ0v) is 11.2. The number of hydrogen-bond donors (Lipinski definition) is 1. The lowest BCUT2D eigenvalue weighted by atomic mass is 10.1. The van der Waals surface area contributed by atoms with Gasteiger partial charge in [0.15, 0.2) is 0 Å². The molecule has 0 heterocycles. The molecule has 0 spiro atoms. The largest absolute Gasteiger partial charge is 0.497 e. The van der Waals surface area contributed by atoms with Crippen LogP contribution in [0.15, 0.2) is 48.5 Å². The average Bonchev–Trinajstić information content (AvgIpc) is 2.47. The fraction of sp³-hybridized carbons (Fsp3) is 0.250. The zero-order valence-electron chi connectivity index (χ0n) is 11.2. The van der Waals surface area contributed by atoms with E-state index in [-0.39, 0.29) is 0 Å². The SMILES string of the molecule is CC[C@H](O)c1ccccc1Oc1cccc(OC)c1. The van der Waals surface area contributed by atoms with E-state index in [1.54, 1.807) is 7.11 Å². The van der Waals surface area contributed by atoms with Gasteiger partial charge in [-0.05, 0) is 24.6 Å². The molecule has 0 amide bonds. The van der Waals surface area contributed by atoms with E-state index in [2.05, 4.69) is 0 Å². The number of aliphatic hydroxyl groups excluding tert-OH is 1. The Morgan fingerprint density at radius 1 is 1.05 bits per heavy atom. The van der Waals surface area contributed by atoms with Gasteiger partial charge in [-0.3, -0.25) is 0 Å². The zero-order chi connectivity index (χ0) is 13.7. The van der Waals surface area contributed by atoms with Crippen LogP contribution in [0.1, 0.15) is 25.0 Å². The number of para-hydroxylation sites is 1. The van der Waals surface area contributed by atoms with Crippen molar-refractivity contribution in [2.45, 2.75) is 19.4 Å². The van der Waals surface area contributed by atoms with Crippen molar-refractivity contribution in [2.75, 3.05) is 7.11 Å². The van der Waals surface area contributed by atoms with Gasteiger partial charge in [-0.1, -0.05) is 31.2 Å². The summed E-state index contributed by atoms with van der Waals surface area (Å²) in [4.78, 5) is 0. The van der Waals surface area contributed by atoms with E-state index >= 15 is 0 Å². The van der Waals surface area contributed by atoms with Crippen LogP contribution in [0.3, 0.4) is 0 Å². The van der Waals surface area contributed by atoms with E-state index in [0.717, 1.165) is 11.3 Å². The topological polar surface area (TPSA) is 38.7 Å². The number of rotatable bonds is 5. The summed E-state index contributed by atoms with van der Waals surface area (Å²) in [6.07, 6.45) is 0.139. The van der Waals surface area contributed by atoms with Gasteiger partial charge in [0.05, 0.1) is 13.2 Å². The maximum absolute atomic E-state index is 9.98. The summed E-state index contributed by atoms with van der Waals surface area (Å²) in [6, 6.07) is 14.9. The Kier molecular flexibility index (Phi) is 4.42. The Balaban J connectivity index is 2.27. The predicted molar refractivity (Wildman–Crippen MR) is 74.8 cm³/mol. The van der Waals surface area contributed by atoms with Crippen LogP contribution in [0.4, 0.5) is 0 Å². The lowest BCUT2D eigenvalue weighted by Crippen LogP contribution is -1.98. The van der Waals surface area contributed by atoms with E-state index in [4.69, 9.17) is 9.47 Å². The van der Waals surface area contributed by atoms with Crippen molar-refractivity contribution in [3.63, 3.8) is 0 Å². The van der Waals surface area contributed by atoms with Gasteiger partial charge in [-0.25, -0.2) is 0 Å². The van der Waals surface area contributed by atoms with Crippen LogP contribution in [0, 0.1) is 0 Å². The Hall–Kier alpha value is -2.00. The second-order valence-corrected chi connectivity index (χ2v) is 4.24. The molecule has 2 aromatic rings. The first-order valence-electron chi connectivity index (χ1n) is 6.33. The molecule has 1 N–H and O–H groups in total. The normalized spacial score (nSPS) is 11.9. The molecule has 100 valence electrons. The monoisotopic (exact) mass is 258 g/mol. The highest BCUT2D eigenvalue weighted by Crippen LogP contribution is 2.31. The van der Waals surface area contributed by atoms with Gasteiger partial charge < -0.3 is 14.6 Å². The molecule has 0 aliphatic rings. The van der Waals surface area contributed by atoms with Gasteiger partial charge in [-0.15, -0.1) is 0 Å². The quantitative estimate of drug-likeness (QED) is 0.883. The second kappa shape index (κ2) is 6.25. The van der Waals surface area contributed by atoms with Gasteiger partial charge in [0.1, 0.15) is 17.2 Å². The molecule has 0 aromatic heterocycles. The maximum atomic E-state index is 9.98. The van der Waals surface area contributed by atoms with Crippen LogP contribution >= 0.6 is 0 Å². The first-order chi connectivity index (χ1) is 9.24. The van der Waals surface area contributed by atoms with Crippen LogP contribution in [0.25, 0.3) is 0 Å². The molecule has 0 radical (unpaired) electrons. The van der Waals surface area contributed by atoms with Crippen molar-refractivity contribution in [3.05, 3.63) is 54.1 Å². The second-order valence-electron chi connectivity index (χ2n) is 4.24. The number of methoxy groups -OCH3 is 1. The molecule has 3 heteroatoms. The lowest BCUT2D eigenvalue weighted by molar-refractivity contribution is 0.170. The van der Waals surface area contributed by atoms with Gasteiger partial charge in [0.2, 0.25) is 0 Å². The number of hydrogen-bond acceptors (Lipinski definition) is 3. The lowest BCUT2D eigenvalue weighted by Gasteiger charge is -2.15. The van der Waals surface area contributed by atoms with Crippen LogP contribution in [0.2, 0.25) is 0 Å². The highest BCUT2D eigenvalue weighted by atomic mass is 16.5. The van der Waals surface area contributed by atoms with Crippen molar-refractivity contribution in [2.24, 2.45) is 0 Å². The Morgan fingerprint density at radius 2 is 1.79 bits per heavy atom. The summed E-state index contributed by atoms with van der Waals surface area (Å²) in [5, 5.41) is 9.98. The summed E-state index contributed by atoms with van der Waals surface area (Å²) in [5.74, 6) is 2.10. The molecule has 2 aromatic carbocycles. The summed E-state index contributed by atoms with van der Waals surface area (Å²) in [6.45, 7) is 1.94. The average molecular weight is 258 g/mol. The Labute approximate surface area is 113 Å². The Bertz CT molecular complexity index is 537. The molecule has 1 atom stereocenters. The van der Waals surface area contributed by atoms with Crippen molar-refractivity contribution in [1.29, 1.82) is 0 Å². The molecule has 0 aliphatic heterocycles. The van der Waals surface area contributed by atoms with Crippen molar-refractivity contribution >= 4 is 0 Å².